The lowest BCUT2D eigenvalue weighted by Gasteiger charge is -2.35. The van der Waals surface area contributed by atoms with Gasteiger partial charge in [-0.15, -0.1) is 0 Å². The van der Waals surface area contributed by atoms with Crippen molar-refractivity contribution in [2.45, 2.75) is 71.3 Å². The first-order valence-electron chi connectivity index (χ1n) is 8.51. The van der Waals surface area contributed by atoms with E-state index in [1.165, 1.54) is 62.6 Å². The van der Waals surface area contributed by atoms with E-state index >= 15 is 0 Å². The normalized spacial score (nSPS) is 23.8. The van der Waals surface area contributed by atoms with E-state index in [4.69, 9.17) is 0 Å². The summed E-state index contributed by atoms with van der Waals surface area (Å²) in [7, 11) is 0. The maximum Gasteiger partial charge on any atom is 0.0434 e. The summed E-state index contributed by atoms with van der Waals surface area (Å²) in [5.41, 5.74) is 3.26. The molecule has 1 heterocycles. The predicted molar refractivity (Wildman–Crippen MR) is 88.0 cm³/mol. The van der Waals surface area contributed by atoms with Crippen LogP contribution in [0.15, 0.2) is 24.3 Å². The molecule has 1 aromatic rings. The van der Waals surface area contributed by atoms with E-state index in [2.05, 4.69) is 50.4 Å². The molecule has 1 heteroatoms. The van der Waals surface area contributed by atoms with E-state index in [1.54, 1.807) is 0 Å². The smallest absolute Gasteiger partial charge is 0.0434 e. The lowest BCUT2D eigenvalue weighted by Crippen LogP contribution is -2.41. The van der Waals surface area contributed by atoms with Gasteiger partial charge in [0.1, 0.15) is 0 Å². The van der Waals surface area contributed by atoms with Gasteiger partial charge in [-0.25, -0.2) is 0 Å². The molecule has 112 valence electrons. The van der Waals surface area contributed by atoms with E-state index in [-0.39, 0.29) is 5.54 Å². The number of rotatable bonds is 5. The van der Waals surface area contributed by atoms with Gasteiger partial charge in [-0.2, -0.15) is 0 Å². The monoisotopic (exact) mass is 273 g/mol. The van der Waals surface area contributed by atoms with Crippen LogP contribution in [-0.4, -0.2) is 6.54 Å². The van der Waals surface area contributed by atoms with Crippen LogP contribution >= 0.6 is 0 Å². The SMILES string of the molecule is CCCC1(c2cccc(CC(C)C)c2)CCCCCN1. The fraction of sp³-hybridized carbons (Fsp3) is 0.684. The molecule has 0 aromatic heterocycles. The molecule has 20 heavy (non-hydrogen) atoms. The van der Waals surface area contributed by atoms with Gasteiger partial charge < -0.3 is 5.32 Å². The lowest BCUT2D eigenvalue weighted by molar-refractivity contribution is 0.297. The highest BCUT2D eigenvalue weighted by Gasteiger charge is 2.31. The van der Waals surface area contributed by atoms with Gasteiger partial charge in [0, 0.05) is 5.54 Å². The second-order valence-electron chi connectivity index (χ2n) is 6.87. The van der Waals surface area contributed by atoms with Crippen LogP contribution in [0, 0.1) is 5.92 Å². The van der Waals surface area contributed by atoms with Gasteiger partial charge >= 0.3 is 0 Å². The largest absolute Gasteiger partial charge is 0.307 e. The summed E-state index contributed by atoms with van der Waals surface area (Å²) in [5, 5.41) is 3.89. The number of hydrogen-bond donors (Lipinski definition) is 1. The number of hydrogen-bond acceptors (Lipinski definition) is 1. The second-order valence-corrected chi connectivity index (χ2v) is 6.87. The van der Waals surface area contributed by atoms with Gasteiger partial charge in [-0.3, -0.25) is 0 Å². The standard InChI is InChI=1S/C19H31N/c1-4-11-19(12-6-5-7-13-20-19)18-10-8-9-17(15-18)14-16(2)3/h8-10,15-16,20H,4-7,11-14H2,1-3H3. The third kappa shape index (κ3) is 3.85. The first-order valence-corrected chi connectivity index (χ1v) is 8.51. The Morgan fingerprint density at radius 1 is 1.20 bits per heavy atom. The van der Waals surface area contributed by atoms with E-state index < -0.39 is 0 Å². The molecule has 0 saturated carbocycles. The third-order valence-corrected chi connectivity index (χ3v) is 4.54. The van der Waals surface area contributed by atoms with Crippen molar-refractivity contribution in [2.75, 3.05) is 6.54 Å². The van der Waals surface area contributed by atoms with Gasteiger partial charge in [0.25, 0.3) is 0 Å². The van der Waals surface area contributed by atoms with Crippen molar-refractivity contribution in [3.8, 4) is 0 Å². The van der Waals surface area contributed by atoms with Crippen LogP contribution in [0.2, 0.25) is 0 Å². The van der Waals surface area contributed by atoms with Crippen molar-refractivity contribution in [3.63, 3.8) is 0 Å². The van der Waals surface area contributed by atoms with Crippen molar-refractivity contribution in [2.24, 2.45) is 5.92 Å². The molecule has 1 nitrogen and oxygen atoms in total. The van der Waals surface area contributed by atoms with Gasteiger partial charge in [0.05, 0.1) is 0 Å². The molecular weight excluding hydrogens is 242 g/mol. The van der Waals surface area contributed by atoms with Crippen molar-refractivity contribution in [1.82, 2.24) is 5.32 Å². The van der Waals surface area contributed by atoms with E-state index in [1.807, 2.05) is 0 Å². The van der Waals surface area contributed by atoms with E-state index in [9.17, 15) is 0 Å². The summed E-state index contributed by atoms with van der Waals surface area (Å²) in [6.45, 7) is 8.09. The first kappa shape index (κ1) is 15.6. The van der Waals surface area contributed by atoms with Gasteiger partial charge in [0.2, 0.25) is 0 Å². The molecule has 1 aliphatic heterocycles. The van der Waals surface area contributed by atoms with Gasteiger partial charge in [0.15, 0.2) is 0 Å². The highest BCUT2D eigenvalue weighted by molar-refractivity contribution is 5.30. The van der Waals surface area contributed by atoms with Crippen molar-refractivity contribution in [3.05, 3.63) is 35.4 Å². The Hall–Kier alpha value is -0.820. The fourth-order valence-corrected chi connectivity index (χ4v) is 3.64. The van der Waals surface area contributed by atoms with Crippen LogP contribution in [0.5, 0.6) is 0 Å². The number of benzene rings is 1. The van der Waals surface area contributed by atoms with Crippen LogP contribution in [0.4, 0.5) is 0 Å². The lowest BCUT2D eigenvalue weighted by atomic mass is 9.81. The molecule has 0 radical (unpaired) electrons. The second kappa shape index (κ2) is 7.26. The Morgan fingerprint density at radius 3 is 2.80 bits per heavy atom. The Morgan fingerprint density at radius 2 is 2.05 bits per heavy atom. The highest BCUT2D eigenvalue weighted by atomic mass is 15.0. The molecule has 1 fully saturated rings. The van der Waals surface area contributed by atoms with Crippen molar-refractivity contribution in [1.29, 1.82) is 0 Å². The average molecular weight is 273 g/mol. The Labute approximate surface area is 125 Å². The molecule has 0 amide bonds. The first-order chi connectivity index (χ1) is 9.66. The molecule has 1 atom stereocenters. The fourth-order valence-electron chi connectivity index (χ4n) is 3.64. The molecule has 1 saturated heterocycles. The molecular formula is C19H31N. The zero-order chi connectivity index (χ0) is 14.4. The molecule has 1 N–H and O–H groups in total. The predicted octanol–water partition coefficient (Wildman–Crippen LogP) is 5.04. The van der Waals surface area contributed by atoms with Crippen LogP contribution in [0.25, 0.3) is 0 Å². The summed E-state index contributed by atoms with van der Waals surface area (Å²) < 4.78 is 0. The quantitative estimate of drug-likeness (QED) is 0.792. The van der Waals surface area contributed by atoms with Gasteiger partial charge in [-0.05, 0) is 49.3 Å². The Balaban J connectivity index is 2.27. The van der Waals surface area contributed by atoms with Crippen molar-refractivity contribution < 1.29 is 0 Å². The molecule has 0 bridgehead atoms. The van der Waals surface area contributed by atoms with E-state index in [0.717, 1.165) is 5.92 Å². The summed E-state index contributed by atoms with van der Waals surface area (Å²) in [6, 6.07) is 9.36. The molecule has 1 aliphatic rings. The highest BCUT2D eigenvalue weighted by Crippen LogP contribution is 2.34. The van der Waals surface area contributed by atoms with Crippen LogP contribution < -0.4 is 5.32 Å². The molecule has 2 rings (SSSR count). The summed E-state index contributed by atoms with van der Waals surface area (Å²) >= 11 is 0. The molecule has 0 aliphatic carbocycles. The average Bonchev–Trinajstić information content (AvgIpc) is 2.65. The summed E-state index contributed by atoms with van der Waals surface area (Å²) in [4.78, 5) is 0. The summed E-state index contributed by atoms with van der Waals surface area (Å²) in [6.07, 6.45) is 9.07. The van der Waals surface area contributed by atoms with Crippen LogP contribution in [0.3, 0.4) is 0 Å². The molecule has 1 aromatic carbocycles. The minimum Gasteiger partial charge on any atom is -0.307 e. The third-order valence-electron chi connectivity index (χ3n) is 4.54. The van der Waals surface area contributed by atoms with Crippen LogP contribution in [0.1, 0.15) is 70.4 Å². The number of nitrogens with one attached hydrogen (secondary N) is 1. The minimum absolute atomic E-state index is 0.234. The zero-order valence-electron chi connectivity index (χ0n) is 13.5. The zero-order valence-corrected chi connectivity index (χ0v) is 13.5. The Bertz CT molecular complexity index is 400. The Kier molecular flexibility index (Phi) is 5.65. The maximum absolute atomic E-state index is 3.89. The van der Waals surface area contributed by atoms with Gasteiger partial charge in [-0.1, -0.05) is 64.3 Å². The topological polar surface area (TPSA) is 12.0 Å². The van der Waals surface area contributed by atoms with E-state index in [0.29, 0.717) is 0 Å². The maximum atomic E-state index is 3.89. The minimum atomic E-state index is 0.234. The van der Waals surface area contributed by atoms with Crippen molar-refractivity contribution >= 4 is 0 Å². The molecule has 1 unspecified atom stereocenters. The van der Waals surface area contributed by atoms with Crippen LogP contribution in [-0.2, 0) is 12.0 Å². The molecule has 0 spiro atoms. The summed E-state index contributed by atoms with van der Waals surface area (Å²) in [5.74, 6) is 0.731.